The molecule has 0 radical (unpaired) electrons. The van der Waals surface area contributed by atoms with Gasteiger partial charge in [0.1, 0.15) is 5.75 Å². The lowest BCUT2D eigenvalue weighted by molar-refractivity contribution is 0.0494. The van der Waals surface area contributed by atoms with Gasteiger partial charge in [-0.15, -0.1) is 0 Å². The average molecular weight is 461 g/mol. The Bertz CT molecular complexity index is 1050. The number of aryl methyl sites for hydroxylation is 2. The molecule has 2 aromatic rings. The topological polar surface area (TPSA) is 89.0 Å². The zero-order valence-corrected chi connectivity index (χ0v) is 19.6. The van der Waals surface area contributed by atoms with E-state index in [0.29, 0.717) is 29.5 Å². The summed E-state index contributed by atoms with van der Waals surface area (Å²) in [6.45, 7) is 5.68. The Balaban J connectivity index is 1.61. The molecule has 0 aliphatic carbocycles. The Kier molecular flexibility index (Phi) is 7.02. The molecule has 1 N–H and O–H groups in total. The van der Waals surface area contributed by atoms with Crippen molar-refractivity contribution in [3.05, 3.63) is 47.3 Å². The number of benzene rings is 1. The number of pyridine rings is 1. The Morgan fingerprint density at radius 2 is 2.00 bits per heavy atom. The van der Waals surface area contributed by atoms with E-state index in [-0.39, 0.29) is 17.5 Å². The Labute approximate surface area is 190 Å². The van der Waals surface area contributed by atoms with Gasteiger partial charge in [0.15, 0.2) is 0 Å². The van der Waals surface area contributed by atoms with E-state index < -0.39 is 10.0 Å². The first kappa shape index (κ1) is 23.0. The fourth-order valence-corrected chi connectivity index (χ4v) is 6.19. The lowest BCUT2D eigenvalue weighted by atomic mass is 9.99. The lowest BCUT2D eigenvalue weighted by Crippen LogP contribution is -2.42. The second-order valence-corrected chi connectivity index (χ2v) is 10.5. The molecule has 174 valence electrons. The van der Waals surface area contributed by atoms with Crippen LogP contribution in [0.15, 0.2) is 35.4 Å². The highest BCUT2D eigenvalue weighted by atomic mass is 32.2. The van der Waals surface area contributed by atoms with Crippen molar-refractivity contribution < 1.29 is 23.0 Å². The highest BCUT2D eigenvalue weighted by Crippen LogP contribution is 2.36. The number of fused-ring (bicyclic) bond motifs is 1. The molecule has 0 saturated carbocycles. The zero-order chi connectivity index (χ0) is 22.7. The summed E-state index contributed by atoms with van der Waals surface area (Å²) in [5.41, 5.74) is 3.09. The van der Waals surface area contributed by atoms with E-state index in [1.165, 1.54) is 10.4 Å². The third-order valence-electron chi connectivity index (χ3n) is 6.43. The molecular weight excluding hydrogens is 428 g/mol. The Hall–Kier alpha value is -2.16. The maximum absolute atomic E-state index is 13.7. The Morgan fingerprint density at radius 3 is 2.72 bits per heavy atom. The highest BCUT2D eigenvalue weighted by molar-refractivity contribution is 7.92. The third kappa shape index (κ3) is 4.63. The molecule has 1 aromatic heterocycles. The normalized spacial score (nSPS) is 19.6. The van der Waals surface area contributed by atoms with Crippen molar-refractivity contribution in [1.82, 2.24) is 4.98 Å². The van der Waals surface area contributed by atoms with Crippen LogP contribution in [0.25, 0.3) is 0 Å². The highest BCUT2D eigenvalue weighted by Gasteiger charge is 2.34. The summed E-state index contributed by atoms with van der Waals surface area (Å²) in [4.78, 5) is 4.60. The van der Waals surface area contributed by atoms with Gasteiger partial charge in [-0.25, -0.2) is 8.42 Å². The van der Waals surface area contributed by atoms with Gasteiger partial charge in [0.2, 0.25) is 0 Å². The summed E-state index contributed by atoms with van der Waals surface area (Å²) >= 11 is 0. The van der Waals surface area contributed by atoms with Crippen molar-refractivity contribution in [2.75, 3.05) is 24.1 Å². The van der Waals surface area contributed by atoms with Crippen LogP contribution in [0.1, 0.15) is 49.9 Å². The van der Waals surface area contributed by atoms with Gasteiger partial charge in [0.25, 0.3) is 10.0 Å². The van der Waals surface area contributed by atoms with Gasteiger partial charge >= 0.3 is 0 Å². The SMILES string of the molecule is CCc1cc2c(cn1)N(S(=O)(=O)c1ccc(OCC3CCOCC3)c(CO)c1)C(C)CC2. The van der Waals surface area contributed by atoms with Crippen molar-refractivity contribution in [2.45, 2.75) is 63.5 Å². The van der Waals surface area contributed by atoms with E-state index in [9.17, 15) is 13.5 Å². The van der Waals surface area contributed by atoms with E-state index in [0.717, 1.165) is 56.6 Å². The third-order valence-corrected chi connectivity index (χ3v) is 8.35. The van der Waals surface area contributed by atoms with Crippen molar-refractivity contribution in [2.24, 2.45) is 5.92 Å². The molecule has 3 heterocycles. The summed E-state index contributed by atoms with van der Waals surface area (Å²) in [6, 6.07) is 6.59. The molecule has 1 saturated heterocycles. The van der Waals surface area contributed by atoms with Gasteiger partial charge < -0.3 is 14.6 Å². The number of aliphatic hydroxyl groups is 1. The molecular formula is C24H32N2O5S. The van der Waals surface area contributed by atoms with Crippen LogP contribution in [0.4, 0.5) is 5.69 Å². The molecule has 1 unspecified atom stereocenters. The largest absolute Gasteiger partial charge is 0.493 e. The average Bonchev–Trinajstić information content (AvgIpc) is 2.82. The van der Waals surface area contributed by atoms with Gasteiger partial charge in [0, 0.05) is 30.5 Å². The summed E-state index contributed by atoms with van der Waals surface area (Å²) in [6.07, 6.45) is 5.96. The van der Waals surface area contributed by atoms with Gasteiger partial charge in [-0.3, -0.25) is 9.29 Å². The standard InChI is InChI=1S/C24H32N2O5S/c1-3-21-12-19-5-4-17(2)26(23(19)14-25-21)32(28,29)22-6-7-24(20(13-22)15-27)31-16-18-8-10-30-11-9-18/h6-7,12-14,17-18,27H,3-5,8-11,15-16H2,1-2H3. The molecule has 1 aromatic carbocycles. The van der Waals surface area contributed by atoms with Crippen molar-refractivity contribution in [3.8, 4) is 5.75 Å². The number of aliphatic hydroxyl groups excluding tert-OH is 1. The molecule has 0 amide bonds. The van der Waals surface area contributed by atoms with Crippen molar-refractivity contribution >= 4 is 15.7 Å². The summed E-state index contributed by atoms with van der Waals surface area (Å²) < 4.78 is 40.1. The van der Waals surface area contributed by atoms with Crippen LogP contribution >= 0.6 is 0 Å². The van der Waals surface area contributed by atoms with E-state index in [1.54, 1.807) is 18.3 Å². The number of sulfonamides is 1. The van der Waals surface area contributed by atoms with Crippen molar-refractivity contribution in [3.63, 3.8) is 0 Å². The monoisotopic (exact) mass is 460 g/mol. The lowest BCUT2D eigenvalue weighted by Gasteiger charge is -2.36. The van der Waals surface area contributed by atoms with Gasteiger partial charge in [0.05, 0.1) is 30.0 Å². The number of hydrogen-bond donors (Lipinski definition) is 1. The second-order valence-electron chi connectivity index (χ2n) is 8.64. The smallest absolute Gasteiger partial charge is 0.264 e. The van der Waals surface area contributed by atoms with Crippen LogP contribution in [0.2, 0.25) is 0 Å². The van der Waals surface area contributed by atoms with Crippen molar-refractivity contribution in [1.29, 1.82) is 0 Å². The fraction of sp³-hybridized carbons (Fsp3) is 0.542. The molecule has 4 rings (SSSR count). The second kappa shape index (κ2) is 9.77. The summed E-state index contributed by atoms with van der Waals surface area (Å²) in [7, 11) is -3.82. The van der Waals surface area contributed by atoms with Gasteiger partial charge in [-0.2, -0.15) is 0 Å². The Morgan fingerprint density at radius 1 is 1.22 bits per heavy atom. The van der Waals surface area contributed by atoms with Crippen LogP contribution in [0.3, 0.4) is 0 Å². The predicted octanol–water partition coefficient (Wildman–Crippen LogP) is 3.47. The number of anilines is 1. The minimum atomic E-state index is -3.82. The minimum absolute atomic E-state index is 0.152. The quantitative estimate of drug-likeness (QED) is 0.681. The van der Waals surface area contributed by atoms with Crippen LogP contribution in [-0.2, 0) is 34.2 Å². The summed E-state index contributed by atoms with van der Waals surface area (Å²) in [5, 5.41) is 9.90. The summed E-state index contributed by atoms with van der Waals surface area (Å²) in [5.74, 6) is 0.934. The molecule has 0 bridgehead atoms. The molecule has 7 nitrogen and oxygen atoms in total. The number of rotatable bonds is 7. The minimum Gasteiger partial charge on any atom is -0.493 e. The first-order valence-electron chi connectivity index (χ1n) is 11.4. The number of hydrogen-bond acceptors (Lipinski definition) is 6. The maximum Gasteiger partial charge on any atom is 0.264 e. The molecule has 1 fully saturated rings. The number of ether oxygens (including phenoxy) is 2. The first-order chi connectivity index (χ1) is 15.4. The van der Waals surface area contributed by atoms with E-state index in [1.807, 2.05) is 19.9 Å². The van der Waals surface area contributed by atoms with Crippen LogP contribution in [0.5, 0.6) is 5.75 Å². The predicted molar refractivity (Wildman–Crippen MR) is 122 cm³/mol. The zero-order valence-electron chi connectivity index (χ0n) is 18.8. The van der Waals surface area contributed by atoms with E-state index >= 15 is 0 Å². The molecule has 2 aliphatic rings. The maximum atomic E-state index is 13.7. The molecule has 1 atom stereocenters. The number of nitrogens with zero attached hydrogens (tertiary/aromatic N) is 2. The molecule has 32 heavy (non-hydrogen) atoms. The van der Waals surface area contributed by atoms with Gasteiger partial charge in [-0.1, -0.05) is 6.92 Å². The molecule has 8 heteroatoms. The first-order valence-corrected chi connectivity index (χ1v) is 12.8. The fourth-order valence-electron chi connectivity index (χ4n) is 4.43. The molecule has 0 spiro atoms. The molecule has 2 aliphatic heterocycles. The van der Waals surface area contributed by atoms with E-state index in [2.05, 4.69) is 4.98 Å². The van der Waals surface area contributed by atoms with Crippen LogP contribution in [-0.4, -0.2) is 44.4 Å². The van der Waals surface area contributed by atoms with Crippen LogP contribution < -0.4 is 9.04 Å². The number of aromatic nitrogens is 1. The van der Waals surface area contributed by atoms with E-state index in [4.69, 9.17) is 9.47 Å². The van der Waals surface area contributed by atoms with Crippen LogP contribution in [0, 0.1) is 5.92 Å². The van der Waals surface area contributed by atoms with Gasteiger partial charge in [-0.05, 0) is 74.8 Å².